The van der Waals surface area contributed by atoms with E-state index >= 15 is 0 Å². The predicted octanol–water partition coefficient (Wildman–Crippen LogP) is 7.43. The first-order valence-electron chi connectivity index (χ1n) is 12.3. The zero-order valence-corrected chi connectivity index (χ0v) is 22.1. The first kappa shape index (κ1) is 29.5. The van der Waals surface area contributed by atoms with Crippen molar-refractivity contribution >= 4 is 38.9 Å². The maximum absolute atomic E-state index is 9.48. The molecule has 0 aliphatic heterocycles. The second-order valence-electron chi connectivity index (χ2n) is 9.28. The Bertz CT molecular complexity index is 1030. The van der Waals surface area contributed by atoms with Crippen molar-refractivity contribution in [3.05, 3.63) is 77.3 Å². The number of aliphatic hydroxyl groups excluding tert-OH is 1. The van der Waals surface area contributed by atoms with Crippen LogP contribution < -0.4 is 5.32 Å². The molecule has 35 heavy (non-hydrogen) atoms. The highest BCUT2D eigenvalue weighted by molar-refractivity contribution is 8.12. The fourth-order valence-corrected chi connectivity index (χ4v) is 5.62. The normalized spacial score (nSPS) is 15.7. The van der Waals surface area contributed by atoms with Crippen molar-refractivity contribution in [3.8, 4) is 0 Å². The monoisotopic (exact) mass is 514 g/mol. The van der Waals surface area contributed by atoms with Gasteiger partial charge in [0.2, 0.25) is 0 Å². The Morgan fingerprint density at radius 1 is 1.00 bits per heavy atom. The minimum atomic E-state index is -0.0764. The molecule has 0 heterocycles. The Hall–Kier alpha value is -1.69. The highest BCUT2D eigenvalue weighted by Gasteiger charge is 2.15. The first-order chi connectivity index (χ1) is 16.5. The topological polar surface area (TPSA) is 35.5 Å². The van der Waals surface area contributed by atoms with Gasteiger partial charge >= 0.3 is 0 Å². The molecule has 192 valence electrons. The molecule has 3 aromatic carbocycles. The van der Waals surface area contributed by atoms with E-state index in [1.54, 1.807) is 0 Å². The molecule has 1 fully saturated rings. The molecule has 0 saturated heterocycles. The van der Waals surface area contributed by atoms with Crippen LogP contribution in [0.3, 0.4) is 0 Å². The summed E-state index contributed by atoms with van der Waals surface area (Å²) in [6.07, 6.45) is 7.67. The third-order valence-corrected chi connectivity index (χ3v) is 8.48. The van der Waals surface area contributed by atoms with Crippen molar-refractivity contribution in [2.24, 2.45) is 5.92 Å². The lowest BCUT2D eigenvalue weighted by molar-refractivity contribution is 0.228. The number of hydrogen-bond acceptors (Lipinski definition) is 3. The van der Waals surface area contributed by atoms with Crippen LogP contribution in [0.4, 0.5) is 0 Å². The second-order valence-corrected chi connectivity index (χ2v) is 11.6. The summed E-state index contributed by atoms with van der Waals surface area (Å²) < 4.78 is 2.15. The number of hydrogen-bond donors (Lipinski definition) is 2. The summed E-state index contributed by atoms with van der Waals surface area (Å²) in [7, 11) is 4.06. The van der Waals surface area contributed by atoms with Gasteiger partial charge in [-0.05, 0) is 80.4 Å². The SMILES string of the molecule is C.C=S(c1cccc2ccccc12)N(C)C.OCC(Cc1ccc(Cl)cc1)NCC1CCCCC1. The lowest BCUT2D eigenvalue weighted by Crippen LogP contribution is -2.38. The molecule has 2 atom stereocenters. The number of halogens is 1. The molecule has 0 amide bonds. The number of benzene rings is 3. The number of rotatable bonds is 8. The minimum absolute atomic E-state index is 0. The number of aliphatic hydroxyl groups is 1. The Balaban J connectivity index is 0.000000246. The predicted molar refractivity (Wildman–Crippen MR) is 158 cm³/mol. The number of nitrogens with zero attached hydrogens (tertiary/aromatic N) is 1. The van der Waals surface area contributed by atoms with Gasteiger partial charge < -0.3 is 10.4 Å². The van der Waals surface area contributed by atoms with Crippen LogP contribution in [-0.2, 0) is 6.42 Å². The molecule has 5 heteroatoms. The Morgan fingerprint density at radius 2 is 1.66 bits per heavy atom. The fraction of sp³-hybridized carbons (Fsp3) is 0.433. The zero-order chi connectivity index (χ0) is 24.3. The lowest BCUT2D eigenvalue weighted by Gasteiger charge is -2.25. The van der Waals surface area contributed by atoms with Crippen molar-refractivity contribution in [3.63, 3.8) is 0 Å². The molecule has 2 N–H and O–H groups in total. The summed E-state index contributed by atoms with van der Waals surface area (Å²) in [5.41, 5.74) is 1.22. The maximum atomic E-state index is 9.48. The molecule has 4 rings (SSSR count). The quantitative estimate of drug-likeness (QED) is 0.307. The van der Waals surface area contributed by atoms with E-state index in [1.165, 1.54) is 53.3 Å². The van der Waals surface area contributed by atoms with Gasteiger partial charge in [0.25, 0.3) is 0 Å². The lowest BCUT2D eigenvalue weighted by atomic mass is 9.89. The second kappa shape index (κ2) is 15.4. The van der Waals surface area contributed by atoms with Crippen LogP contribution in [0.1, 0.15) is 45.1 Å². The zero-order valence-electron chi connectivity index (χ0n) is 20.6. The molecule has 2 unspecified atom stereocenters. The molecule has 0 aromatic heterocycles. The summed E-state index contributed by atoms with van der Waals surface area (Å²) in [5.74, 6) is 5.01. The smallest absolute Gasteiger partial charge is 0.0587 e. The van der Waals surface area contributed by atoms with Gasteiger partial charge in [-0.1, -0.05) is 103 Å². The molecule has 3 aromatic rings. The van der Waals surface area contributed by atoms with Crippen LogP contribution in [0, 0.1) is 5.92 Å². The van der Waals surface area contributed by atoms with E-state index in [2.05, 4.69) is 72.1 Å². The van der Waals surface area contributed by atoms with E-state index in [1.807, 2.05) is 24.3 Å². The summed E-state index contributed by atoms with van der Waals surface area (Å²) >= 11 is 5.88. The van der Waals surface area contributed by atoms with Crippen LogP contribution in [0.2, 0.25) is 5.02 Å². The van der Waals surface area contributed by atoms with Crippen molar-refractivity contribution in [2.75, 3.05) is 27.2 Å². The first-order valence-corrected chi connectivity index (χ1v) is 14.0. The van der Waals surface area contributed by atoms with E-state index in [9.17, 15) is 5.11 Å². The largest absolute Gasteiger partial charge is 0.395 e. The van der Waals surface area contributed by atoms with Gasteiger partial charge in [-0.25, -0.2) is 0 Å². The molecule has 1 saturated carbocycles. The summed E-state index contributed by atoms with van der Waals surface area (Å²) in [5, 5.41) is 16.4. The molecular formula is C30H43ClN2OS. The van der Waals surface area contributed by atoms with Gasteiger partial charge in [0.1, 0.15) is 0 Å². The Labute approximate surface area is 220 Å². The van der Waals surface area contributed by atoms with Gasteiger partial charge in [-0.3, -0.25) is 4.31 Å². The van der Waals surface area contributed by atoms with Gasteiger partial charge in [-0.15, -0.1) is 0 Å². The molecule has 3 nitrogen and oxygen atoms in total. The van der Waals surface area contributed by atoms with Crippen molar-refractivity contribution in [2.45, 2.75) is 56.9 Å². The third-order valence-electron chi connectivity index (χ3n) is 6.48. The van der Waals surface area contributed by atoms with E-state index < -0.39 is 0 Å². The van der Waals surface area contributed by atoms with Gasteiger partial charge in [0.05, 0.1) is 6.61 Å². The summed E-state index contributed by atoms with van der Waals surface area (Å²) in [6, 6.07) is 22.9. The van der Waals surface area contributed by atoms with Crippen LogP contribution in [-0.4, -0.2) is 48.6 Å². The van der Waals surface area contributed by atoms with E-state index in [-0.39, 0.29) is 30.7 Å². The summed E-state index contributed by atoms with van der Waals surface area (Å²) in [6.45, 7) is 1.23. The van der Waals surface area contributed by atoms with Crippen molar-refractivity contribution in [1.82, 2.24) is 9.62 Å². The Morgan fingerprint density at radius 3 is 2.31 bits per heavy atom. The molecule has 0 radical (unpaired) electrons. The molecule has 1 aliphatic rings. The van der Waals surface area contributed by atoms with E-state index in [0.717, 1.165) is 23.9 Å². The number of nitrogens with one attached hydrogen (secondary N) is 1. The van der Waals surface area contributed by atoms with E-state index in [4.69, 9.17) is 11.6 Å². The van der Waals surface area contributed by atoms with Crippen LogP contribution in [0.5, 0.6) is 0 Å². The fourth-order valence-electron chi connectivity index (χ4n) is 4.43. The van der Waals surface area contributed by atoms with E-state index in [0.29, 0.717) is 0 Å². The van der Waals surface area contributed by atoms with Crippen LogP contribution >= 0.6 is 22.3 Å². The van der Waals surface area contributed by atoms with Gasteiger partial charge in [0, 0.05) is 16.0 Å². The van der Waals surface area contributed by atoms with Gasteiger partial charge in [-0.2, -0.15) is 0 Å². The Kier molecular flexibility index (Phi) is 13.0. The van der Waals surface area contributed by atoms with Crippen molar-refractivity contribution < 1.29 is 5.11 Å². The standard InChI is InChI=1S/C16H24ClNO.C13H15NS.CH4/c17-15-8-6-13(7-9-15)10-16(12-19)18-11-14-4-2-1-3-5-14;1-14(2)15(3)13-10-6-8-11-7-4-5-9-12(11)13;/h6-9,14,16,18-19H,1-5,10-12H2;4-10H,3H2,1-2H3;1H4. The van der Waals surface area contributed by atoms with Gasteiger partial charge in [0.15, 0.2) is 0 Å². The molecule has 0 spiro atoms. The highest BCUT2D eigenvalue weighted by atomic mass is 35.5. The van der Waals surface area contributed by atoms with Crippen molar-refractivity contribution in [1.29, 1.82) is 0 Å². The maximum Gasteiger partial charge on any atom is 0.0587 e. The average Bonchev–Trinajstić information content (AvgIpc) is 2.88. The third kappa shape index (κ3) is 9.36. The minimum Gasteiger partial charge on any atom is -0.395 e. The summed E-state index contributed by atoms with van der Waals surface area (Å²) in [4.78, 5) is 1.32. The highest BCUT2D eigenvalue weighted by Crippen LogP contribution is 2.32. The average molecular weight is 515 g/mol. The van der Waals surface area contributed by atoms with Crippen LogP contribution in [0.25, 0.3) is 10.8 Å². The van der Waals surface area contributed by atoms with Crippen LogP contribution in [0.15, 0.2) is 71.6 Å². The molecular weight excluding hydrogens is 472 g/mol. The molecule has 0 bridgehead atoms. The number of fused-ring (bicyclic) bond motifs is 1. The molecule has 1 aliphatic carbocycles.